The van der Waals surface area contributed by atoms with Gasteiger partial charge in [-0.25, -0.2) is 4.98 Å². The van der Waals surface area contributed by atoms with Gasteiger partial charge in [-0.05, 0) is 42.4 Å². The number of nitrogens with one attached hydrogen (secondary N) is 2. The molecule has 1 aromatic carbocycles. The Kier molecular flexibility index (Phi) is 4.46. The summed E-state index contributed by atoms with van der Waals surface area (Å²) in [5.41, 5.74) is 3.08. The molecule has 0 saturated heterocycles. The quantitative estimate of drug-likeness (QED) is 0.643. The molecule has 2 aliphatic rings. The van der Waals surface area contributed by atoms with Crippen molar-refractivity contribution in [2.45, 2.75) is 44.2 Å². The van der Waals surface area contributed by atoms with Crippen molar-refractivity contribution in [3.63, 3.8) is 0 Å². The minimum Gasteiger partial charge on any atom is -0.313 e. The molecule has 0 unspecified atom stereocenters. The fourth-order valence-electron chi connectivity index (χ4n) is 4.50. The number of pyridine rings is 1. The fraction of sp³-hybridized carbons (Fsp3) is 0.435. The van der Waals surface area contributed by atoms with Crippen molar-refractivity contribution in [3.8, 4) is 0 Å². The van der Waals surface area contributed by atoms with Crippen LogP contribution in [0.1, 0.15) is 43.0 Å². The van der Waals surface area contributed by atoms with Crippen molar-refractivity contribution in [1.29, 1.82) is 0 Å². The molecule has 2 heterocycles. The molecule has 2 N–H and O–H groups in total. The van der Waals surface area contributed by atoms with E-state index < -0.39 is 0 Å². The highest BCUT2D eigenvalue weighted by Crippen LogP contribution is 2.44. The van der Waals surface area contributed by atoms with E-state index in [1.54, 1.807) is 0 Å². The first kappa shape index (κ1) is 17.0. The van der Waals surface area contributed by atoms with Gasteiger partial charge < -0.3 is 15.0 Å². The van der Waals surface area contributed by atoms with E-state index in [4.69, 9.17) is 0 Å². The van der Waals surface area contributed by atoms with Gasteiger partial charge in [0.25, 0.3) is 0 Å². The lowest BCUT2D eigenvalue weighted by atomic mass is 9.68. The van der Waals surface area contributed by atoms with Gasteiger partial charge in [0.15, 0.2) is 0 Å². The van der Waals surface area contributed by atoms with Gasteiger partial charge in [-0.1, -0.05) is 42.8 Å². The van der Waals surface area contributed by atoms with Crippen LogP contribution in [0.2, 0.25) is 0 Å². The maximum Gasteiger partial charge on any atom is 0.127 e. The van der Waals surface area contributed by atoms with Crippen LogP contribution in [0.15, 0.2) is 60.9 Å². The molecule has 2 aliphatic carbocycles. The van der Waals surface area contributed by atoms with E-state index in [-0.39, 0.29) is 0 Å². The third-order valence-electron chi connectivity index (χ3n) is 6.47. The van der Waals surface area contributed by atoms with Crippen LogP contribution in [-0.2, 0) is 6.54 Å². The summed E-state index contributed by atoms with van der Waals surface area (Å²) in [6, 6.07) is 17.8. The molecule has 0 spiro atoms. The van der Waals surface area contributed by atoms with Crippen molar-refractivity contribution < 1.29 is 0 Å². The van der Waals surface area contributed by atoms with Gasteiger partial charge in [0, 0.05) is 31.2 Å². The summed E-state index contributed by atoms with van der Waals surface area (Å²) in [4.78, 5) is 4.57. The molecule has 2 atom stereocenters. The second kappa shape index (κ2) is 7.10. The van der Waals surface area contributed by atoms with Gasteiger partial charge in [0.1, 0.15) is 5.82 Å². The van der Waals surface area contributed by atoms with E-state index in [0.29, 0.717) is 17.4 Å². The summed E-state index contributed by atoms with van der Waals surface area (Å²) in [7, 11) is 0. The molecule has 5 rings (SSSR count). The standard InChI is InChI=1S/C23H28N4/c1-2-7-18(8-3-1)20-13-21(20)26-17-23(10-6-11-23)16-24-15-22-25-14-19-9-4-5-12-27(19)22/h1-5,7-9,12,14,20-21,24,26H,6,10-11,13,15-17H2/t20-,21+/m1/s1. The van der Waals surface area contributed by atoms with Crippen LogP contribution in [-0.4, -0.2) is 28.5 Å². The van der Waals surface area contributed by atoms with Gasteiger partial charge in [-0.2, -0.15) is 0 Å². The topological polar surface area (TPSA) is 41.4 Å². The van der Waals surface area contributed by atoms with Crippen LogP contribution in [0, 0.1) is 5.41 Å². The molecule has 4 heteroatoms. The van der Waals surface area contributed by atoms with Crippen LogP contribution in [0.25, 0.3) is 5.52 Å². The Morgan fingerprint density at radius 2 is 1.89 bits per heavy atom. The minimum atomic E-state index is 0.427. The number of hydrogen-bond donors (Lipinski definition) is 2. The summed E-state index contributed by atoms with van der Waals surface area (Å²) in [5, 5.41) is 7.55. The van der Waals surface area contributed by atoms with E-state index in [2.05, 4.69) is 74.7 Å². The van der Waals surface area contributed by atoms with Gasteiger partial charge in [0.05, 0.1) is 18.3 Å². The molecule has 4 nitrogen and oxygen atoms in total. The van der Waals surface area contributed by atoms with Crippen molar-refractivity contribution in [2.75, 3.05) is 13.1 Å². The Morgan fingerprint density at radius 3 is 2.70 bits per heavy atom. The first-order valence-corrected chi connectivity index (χ1v) is 10.2. The number of fused-ring (bicyclic) bond motifs is 1. The summed E-state index contributed by atoms with van der Waals surface area (Å²) >= 11 is 0. The molecule has 140 valence electrons. The third kappa shape index (κ3) is 3.52. The maximum absolute atomic E-state index is 4.57. The molecular weight excluding hydrogens is 332 g/mol. The van der Waals surface area contributed by atoms with Crippen LogP contribution < -0.4 is 10.6 Å². The average molecular weight is 361 g/mol. The van der Waals surface area contributed by atoms with E-state index in [1.165, 1.54) is 31.2 Å². The zero-order chi connectivity index (χ0) is 18.1. The smallest absolute Gasteiger partial charge is 0.127 e. The monoisotopic (exact) mass is 360 g/mol. The number of nitrogens with zero attached hydrogens (tertiary/aromatic N) is 2. The lowest BCUT2D eigenvalue weighted by Gasteiger charge is -2.42. The second-order valence-corrected chi connectivity index (χ2v) is 8.37. The lowest BCUT2D eigenvalue weighted by Crippen LogP contribution is -2.47. The zero-order valence-electron chi connectivity index (χ0n) is 15.8. The highest BCUT2D eigenvalue weighted by atomic mass is 15.1. The summed E-state index contributed by atoms with van der Waals surface area (Å²) in [6.45, 7) is 3.04. The van der Waals surface area contributed by atoms with E-state index in [0.717, 1.165) is 31.0 Å². The fourth-order valence-corrected chi connectivity index (χ4v) is 4.50. The Morgan fingerprint density at radius 1 is 1.04 bits per heavy atom. The predicted molar refractivity (Wildman–Crippen MR) is 109 cm³/mol. The summed E-state index contributed by atoms with van der Waals surface area (Å²) in [5.74, 6) is 1.81. The van der Waals surface area contributed by atoms with E-state index in [9.17, 15) is 0 Å². The SMILES string of the molecule is c1ccc([C@H]2C[C@@H]2NCC2(CNCc3ncc4ccccn34)CCC2)cc1. The second-order valence-electron chi connectivity index (χ2n) is 8.37. The number of hydrogen-bond acceptors (Lipinski definition) is 3. The lowest BCUT2D eigenvalue weighted by molar-refractivity contribution is 0.125. The first-order valence-electron chi connectivity index (χ1n) is 10.2. The van der Waals surface area contributed by atoms with Crippen LogP contribution in [0.4, 0.5) is 0 Å². The minimum absolute atomic E-state index is 0.427. The number of aromatic nitrogens is 2. The number of benzene rings is 1. The van der Waals surface area contributed by atoms with Gasteiger partial charge >= 0.3 is 0 Å². The van der Waals surface area contributed by atoms with Gasteiger partial charge in [0.2, 0.25) is 0 Å². The molecule has 2 fully saturated rings. The maximum atomic E-state index is 4.57. The first-order chi connectivity index (χ1) is 13.3. The molecule has 2 saturated carbocycles. The molecule has 3 aromatic rings. The molecule has 27 heavy (non-hydrogen) atoms. The van der Waals surface area contributed by atoms with Crippen LogP contribution in [0.3, 0.4) is 0 Å². The molecular formula is C23H28N4. The Bertz CT molecular complexity index is 897. The molecule has 0 aliphatic heterocycles. The highest BCUT2D eigenvalue weighted by molar-refractivity contribution is 5.45. The van der Waals surface area contributed by atoms with Gasteiger partial charge in [-0.3, -0.25) is 0 Å². The predicted octanol–water partition coefficient (Wildman–Crippen LogP) is 3.74. The molecule has 0 radical (unpaired) electrons. The van der Waals surface area contributed by atoms with Crippen molar-refractivity contribution in [2.24, 2.45) is 5.41 Å². The van der Waals surface area contributed by atoms with Crippen molar-refractivity contribution >= 4 is 5.52 Å². The van der Waals surface area contributed by atoms with Crippen molar-refractivity contribution in [1.82, 2.24) is 20.0 Å². The molecule has 0 bridgehead atoms. The normalized spacial score (nSPS) is 23.3. The van der Waals surface area contributed by atoms with E-state index in [1.807, 2.05) is 6.20 Å². The molecule has 2 aromatic heterocycles. The number of rotatable bonds is 8. The third-order valence-corrected chi connectivity index (χ3v) is 6.47. The Balaban J connectivity index is 1.13. The largest absolute Gasteiger partial charge is 0.313 e. The highest BCUT2D eigenvalue weighted by Gasteiger charge is 2.42. The van der Waals surface area contributed by atoms with Crippen LogP contribution in [0.5, 0.6) is 0 Å². The number of imidazole rings is 1. The van der Waals surface area contributed by atoms with Gasteiger partial charge in [-0.15, -0.1) is 0 Å². The van der Waals surface area contributed by atoms with E-state index >= 15 is 0 Å². The average Bonchev–Trinajstić information content (AvgIpc) is 3.36. The Hall–Kier alpha value is -2.17. The Labute approximate surface area is 161 Å². The summed E-state index contributed by atoms with van der Waals surface area (Å²) in [6.07, 6.45) is 9.36. The zero-order valence-corrected chi connectivity index (χ0v) is 15.8. The van der Waals surface area contributed by atoms with Crippen molar-refractivity contribution in [3.05, 3.63) is 72.3 Å². The molecule has 0 amide bonds. The summed E-state index contributed by atoms with van der Waals surface area (Å²) < 4.78 is 2.17. The van der Waals surface area contributed by atoms with Crippen LogP contribution >= 0.6 is 0 Å².